The highest BCUT2D eigenvalue weighted by atomic mass is 19.4. The summed E-state index contributed by atoms with van der Waals surface area (Å²) in [5.74, 6) is 0.434. The molecular weight excluding hydrogens is 223 g/mol. The number of rotatable bonds is 1. The smallest absolute Gasteiger partial charge is 0.416 e. The molecule has 0 bridgehead atoms. The van der Waals surface area contributed by atoms with Crippen molar-refractivity contribution >= 4 is 0 Å². The highest BCUT2D eigenvalue weighted by Gasteiger charge is 2.35. The Morgan fingerprint density at radius 2 is 1.88 bits per heavy atom. The second-order valence-corrected chi connectivity index (χ2v) is 3.32. The molecule has 0 spiro atoms. The van der Waals surface area contributed by atoms with E-state index in [0.717, 1.165) is 6.07 Å². The van der Waals surface area contributed by atoms with E-state index in [-0.39, 0.29) is 24.5 Å². The first-order valence-electron chi connectivity index (χ1n) is 4.73. The van der Waals surface area contributed by atoms with Crippen LogP contribution < -0.4 is 15.2 Å². The van der Waals surface area contributed by atoms with Gasteiger partial charge in [-0.15, -0.1) is 0 Å². The fraction of sp³-hybridized carbons (Fsp3) is 0.400. The van der Waals surface area contributed by atoms with Gasteiger partial charge in [-0.2, -0.15) is 13.2 Å². The van der Waals surface area contributed by atoms with Crippen LogP contribution in [0.5, 0.6) is 11.5 Å². The molecule has 88 valence electrons. The van der Waals surface area contributed by atoms with Gasteiger partial charge in [-0.1, -0.05) is 0 Å². The summed E-state index contributed by atoms with van der Waals surface area (Å²) in [6.07, 6.45) is -4.43. The third kappa shape index (κ3) is 1.80. The van der Waals surface area contributed by atoms with Crippen molar-refractivity contribution in [3.63, 3.8) is 0 Å². The maximum absolute atomic E-state index is 12.7. The van der Waals surface area contributed by atoms with Gasteiger partial charge in [0, 0.05) is 12.1 Å². The van der Waals surface area contributed by atoms with Gasteiger partial charge < -0.3 is 15.2 Å². The third-order valence-corrected chi connectivity index (χ3v) is 2.32. The van der Waals surface area contributed by atoms with Crippen LogP contribution in [-0.4, -0.2) is 13.2 Å². The van der Waals surface area contributed by atoms with Gasteiger partial charge in [-0.25, -0.2) is 0 Å². The summed E-state index contributed by atoms with van der Waals surface area (Å²) in [6, 6.07) is 2.23. The van der Waals surface area contributed by atoms with Crippen LogP contribution in [0, 0.1) is 0 Å². The molecule has 0 radical (unpaired) electrons. The molecule has 6 heteroatoms. The van der Waals surface area contributed by atoms with Crippen molar-refractivity contribution < 1.29 is 22.6 Å². The third-order valence-electron chi connectivity index (χ3n) is 2.32. The number of alkyl halides is 3. The van der Waals surface area contributed by atoms with Crippen LogP contribution in [0.15, 0.2) is 12.1 Å². The van der Waals surface area contributed by atoms with Gasteiger partial charge in [0.25, 0.3) is 0 Å². The Balaban J connectivity index is 2.56. The molecule has 1 aliphatic rings. The Hall–Kier alpha value is -1.43. The number of ether oxygens (including phenoxy) is 2. The Bertz CT molecular complexity index is 404. The van der Waals surface area contributed by atoms with Crippen LogP contribution in [0.2, 0.25) is 0 Å². The minimum absolute atomic E-state index is 0.0512. The van der Waals surface area contributed by atoms with Crippen LogP contribution in [0.1, 0.15) is 11.1 Å². The minimum atomic E-state index is -4.43. The topological polar surface area (TPSA) is 44.5 Å². The number of hydrogen-bond acceptors (Lipinski definition) is 3. The maximum Gasteiger partial charge on any atom is 0.416 e. The molecule has 1 aromatic rings. The van der Waals surface area contributed by atoms with Gasteiger partial charge in [-0.05, 0) is 12.1 Å². The standard InChI is InChI=1S/C10H10F3NO2/c11-10(12,13)7-1-2-8-9(6(7)5-14)16-4-3-15-8/h1-2H,3-5,14H2. The number of hydrogen-bond donors (Lipinski definition) is 1. The summed E-state index contributed by atoms with van der Waals surface area (Å²) in [6.45, 7) is 0.338. The van der Waals surface area contributed by atoms with E-state index in [2.05, 4.69) is 0 Å². The number of fused-ring (bicyclic) bond motifs is 1. The molecule has 3 nitrogen and oxygen atoms in total. The fourth-order valence-electron chi connectivity index (χ4n) is 1.64. The molecule has 0 fully saturated rings. The number of benzene rings is 1. The van der Waals surface area contributed by atoms with E-state index in [0.29, 0.717) is 12.4 Å². The SMILES string of the molecule is NCc1c(C(F)(F)F)ccc2c1OCCO2. The number of nitrogens with two attached hydrogens (primary N) is 1. The normalized spacial score (nSPS) is 15.0. The zero-order valence-electron chi connectivity index (χ0n) is 8.30. The monoisotopic (exact) mass is 233 g/mol. The quantitative estimate of drug-likeness (QED) is 0.806. The lowest BCUT2D eigenvalue weighted by Gasteiger charge is -2.23. The zero-order valence-corrected chi connectivity index (χ0v) is 8.30. The Kier molecular flexibility index (Phi) is 2.67. The second kappa shape index (κ2) is 3.86. The molecule has 1 heterocycles. The molecule has 0 aliphatic carbocycles. The van der Waals surface area contributed by atoms with Gasteiger partial charge in [0.15, 0.2) is 11.5 Å². The van der Waals surface area contributed by atoms with Gasteiger partial charge in [0.1, 0.15) is 13.2 Å². The highest BCUT2D eigenvalue weighted by Crippen LogP contribution is 2.41. The van der Waals surface area contributed by atoms with Crippen molar-refractivity contribution in [2.75, 3.05) is 13.2 Å². The van der Waals surface area contributed by atoms with Gasteiger partial charge in [0.2, 0.25) is 0 Å². The Morgan fingerprint density at radius 1 is 1.19 bits per heavy atom. The van der Waals surface area contributed by atoms with Gasteiger partial charge in [-0.3, -0.25) is 0 Å². The lowest BCUT2D eigenvalue weighted by molar-refractivity contribution is -0.138. The van der Waals surface area contributed by atoms with E-state index in [9.17, 15) is 13.2 Å². The Labute approximate surface area is 89.9 Å². The van der Waals surface area contributed by atoms with Crippen LogP contribution in [0.25, 0.3) is 0 Å². The predicted molar refractivity (Wildman–Crippen MR) is 50.3 cm³/mol. The summed E-state index contributed by atoms with van der Waals surface area (Å²) >= 11 is 0. The van der Waals surface area contributed by atoms with Gasteiger partial charge in [0.05, 0.1) is 5.56 Å². The van der Waals surface area contributed by atoms with E-state index >= 15 is 0 Å². The van der Waals surface area contributed by atoms with Crippen molar-refractivity contribution in [3.05, 3.63) is 23.3 Å². The van der Waals surface area contributed by atoms with Crippen molar-refractivity contribution in [1.29, 1.82) is 0 Å². The largest absolute Gasteiger partial charge is 0.486 e. The van der Waals surface area contributed by atoms with E-state index in [1.807, 2.05) is 0 Å². The average molecular weight is 233 g/mol. The van der Waals surface area contributed by atoms with E-state index in [4.69, 9.17) is 15.2 Å². The summed E-state index contributed by atoms with van der Waals surface area (Å²) in [4.78, 5) is 0. The van der Waals surface area contributed by atoms with E-state index < -0.39 is 11.7 Å². The average Bonchev–Trinajstić information content (AvgIpc) is 2.26. The van der Waals surface area contributed by atoms with Crippen molar-refractivity contribution in [3.8, 4) is 11.5 Å². The van der Waals surface area contributed by atoms with Crippen molar-refractivity contribution in [1.82, 2.24) is 0 Å². The molecule has 0 aromatic heterocycles. The molecule has 16 heavy (non-hydrogen) atoms. The fourth-order valence-corrected chi connectivity index (χ4v) is 1.64. The number of halogens is 3. The molecule has 0 unspecified atom stereocenters. The molecule has 2 N–H and O–H groups in total. The summed E-state index contributed by atoms with van der Waals surface area (Å²) < 4.78 is 48.3. The first-order chi connectivity index (χ1) is 7.54. The van der Waals surface area contributed by atoms with E-state index in [1.54, 1.807) is 0 Å². The van der Waals surface area contributed by atoms with E-state index in [1.165, 1.54) is 6.07 Å². The van der Waals surface area contributed by atoms with Crippen LogP contribution >= 0.6 is 0 Å². The van der Waals surface area contributed by atoms with Crippen molar-refractivity contribution in [2.24, 2.45) is 5.73 Å². The molecule has 0 atom stereocenters. The lowest BCUT2D eigenvalue weighted by atomic mass is 10.0. The summed E-state index contributed by atoms with van der Waals surface area (Å²) in [5.41, 5.74) is 4.52. The lowest BCUT2D eigenvalue weighted by Crippen LogP contribution is -2.20. The van der Waals surface area contributed by atoms with Crippen LogP contribution in [0.3, 0.4) is 0 Å². The highest BCUT2D eigenvalue weighted by molar-refractivity contribution is 5.52. The molecule has 0 saturated heterocycles. The molecule has 0 saturated carbocycles. The summed E-state index contributed by atoms with van der Waals surface area (Å²) in [5, 5.41) is 0. The van der Waals surface area contributed by atoms with Gasteiger partial charge >= 0.3 is 6.18 Å². The Morgan fingerprint density at radius 3 is 2.50 bits per heavy atom. The molecule has 1 aromatic carbocycles. The van der Waals surface area contributed by atoms with Crippen LogP contribution in [0.4, 0.5) is 13.2 Å². The minimum Gasteiger partial charge on any atom is -0.486 e. The first-order valence-corrected chi connectivity index (χ1v) is 4.73. The first kappa shape index (κ1) is 11.1. The maximum atomic E-state index is 12.7. The van der Waals surface area contributed by atoms with Crippen LogP contribution in [-0.2, 0) is 12.7 Å². The second-order valence-electron chi connectivity index (χ2n) is 3.32. The summed E-state index contributed by atoms with van der Waals surface area (Å²) in [7, 11) is 0. The van der Waals surface area contributed by atoms with Crippen molar-refractivity contribution in [2.45, 2.75) is 12.7 Å². The molecule has 2 rings (SSSR count). The molecular formula is C10H10F3NO2. The molecule has 1 aliphatic heterocycles. The zero-order chi connectivity index (χ0) is 11.8. The predicted octanol–water partition coefficient (Wildman–Crippen LogP) is 1.94. The molecule has 0 amide bonds.